The zero-order valence-corrected chi connectivity index (χ0v) is 11.0. The van der Waals surface area contributed by atoms with Crippen LogP contribution in [0.25, 0.3) is 0 Å². The SMILES string of the molecule is O=C(O)CC(NC(=O)N1CCCC(CO)C1)C1CC1. The molecule has 1 saturated heterocycles. The number of carbonyl (C=O) groups excluding carboxylic acids is 1. The van der Waals surface area contributed by atoms with E-state index in [0.29, 0.717) is 19.0 Å². The summed E-state index contributed by atoms with van der Waals surface area (Å²) in [5, 5.41) is 20.9. The highest BCUT2D eigenvalue weighted by Gasteiger charge is 2.35. The predicted molar refractivity (Wildman–Crippen MR) is 68.7 cm³/mol. The number of urea groups is 1. The molecule has 108 valence electrons. The summed E-state index contributed by atoms with van der Waals surface area (Å²) < 4.78 is 0. The molecule has 2 amide bonds. The molecule has 0 bridgehead atoms. The molecule has 0 radical (unpaired) electrons. The normalized spacial score (nSPS) is 24.9. The number of carbonyl (C=O) groups is 2. The van der Waals surface area contributed by atoms with Crippen molar-refractivity contribution in [1.82, 2.24) is 10.2 Å². The van der Waals surface area contributed by atoms with Crippen LogP contribution in [0.5, 0.6) is 0 Å². The molecule has 1 aliphatic heterocycles. The van der Waals surface area contributed by atoms with E-state index in [1.807, 2.05) is 0 Å². The van der Waals surface area contributed by atoms with Gasteiger partial charge in [-0.3, -0.25) is 4.79 Å². The van der Waals surface area contributed by atoms with Gasteiger partial charge in [-0.15, -0.1) is 0 Å². The molecule has 2 rings (SSSR count). The minimum Gasteiger partial charge on any atom is -0.481 e. The third-order valence-corrected chi connectivity index (χ3v) is 3.96. The van der Waals surface area contributed by atoms with Crippen LogP contribution >= 0.6 is 0 Å². The van der Waals surface area contributed by atoms with Gasteiger partial charge in [-0.25, -0.2) is 4.79 Å². The van der Waals surface area contributed by atoms with Gasteiger partial charge in [-0.1, -0.05) is 0 Å². The Morgan fingerprint density at radius 1 is 1.32 bits per heavy atom. The lowest BCUT2D eigenvalue weighted by atomic mass is 9.99. The fraction of sp³-hybridized carbons (Fsp3) is 0.846. The number of rotatable bonds is 5. The lowest BCUT2D eigenvalue weighted by molar-refractivity contribution is -0.137. The van der Waals surface area contributed by atoms with E-state index >= 15 is 0 Å². The number of likely N-dealkylation sites (tertiary alicyclic amines) is 1. The molecule has 0 spiro atoms. The van der Waals surface area contributed by atoms with Crippen molar-refractivity contribution in [2.24, 2.45) is 11.8 Å². The highest BCUT2D eigenvalue weighted by Crippen LogP contribution is 2.34. The summed E-state index contributed by atoms with van der Waals surface area (Å²) >= 11 is 0. The molecule has 6 nitrogen and oxygen atoms in total. The number of nitrogens with zero attached hydrogens (tertiary/aromatic N) is 1. The van der Waals surface area contributed by atoms with Crippen LogP contribution in [-0.4, -0.2) is 52.9 Å². The molecule has 2 atom stereocenters. The molecule has 1 heterocycles. The lowest BCUT2D eigenvalue weighted by Crippen LogP contribution is -2.50. The zero-order valence-electron chi connectivity index (χ0n) is 11.0. The molecule has 0 aromatic carbocycles. The van der Waals surface area contributed by atoms with Gasteiger partial charge in [0.2, 0.25) is 0 Å². The first-order valence-corrected chi connectivity index (χ1v) is 6.98. The Kier molecular flexibility index (Phi) is 4.63. The van der Waals surface area contributed by atoms with Gasteiger partial charge in [0.1, 0.15) is 0 Å². The quantitative estimate of drug-likeness (QED) is 0.684. The van der Waals surface area contributed by atoms with Crippen LogP contribution in [-0.2, 0) is 4.79 Å². The summed E-state index contributed by atoms with van der Waals surface area (Å²) in [7, 11) is 0. The molecule has 2 unspecified atom stereocenters. The Morgan fingerprint density at radius 3 is 2.63 bits per heavy atom. The predicted octanol–water partition coefficient (Wildman–Crippen LogP) is 0.654. The van der Waals surface area contributed by atoms with Gasteiger partial charge in [-0.05, 0) is 37.5 Å². The molecule has 1 aliphatic carbocycles. The second-order valence-electron chi connectivity index (χ2n) is 5.63. The van der Waals surface area contributed by atoms with E-state index < -0.39 is 5.97 Å². The minimum atomic E-state index is -0.871. The summed E-state index contributed by atoms with van der Waals surface area (Å²) in [5.74, 6) is -0.402. The monoisotopic (exact) mass is 270 g/mol. The Morgan fingerprint density at radius 2 is 2.05 bits per heavy atom. The first-order chi connectivity index (χ1) is 9.10. The van der Waals surface area contributed by atoms with Gasteiger partial charge >= 0.3 is 12.0 Å². The summed E-state index contributed by atoms with van der Waals surface area (Å²) in [6, 6.07) is -0.434. The van der Waals surface area contributed by atoms with Crippen molar-refractivity contribution in [2.75, 3.05) is 19.7 Å². The minimum absolute atomic E-state index is 0.00627. The van der Waals surface area contributed by atoms with E-state index in [4.69, 9.17) is 10.2 Å². The van der Waals surface area contributed by atoms with Crippen LogP contribution in [0.4, 0.5) is 4.79 Å². The van der Waals surface area contributed by atoms with E-state index in [1.165, 1.54) is 0 Å². The van der Waals surface area contributed by atoms with E-state index in [-0.39, 0.29) is 31.0 Å². The molecular formula is C13H22N2O4. The molecule has 1 saturated carbocycles. The van der Waals surface area contributed by atoms with Crippen LogP contribution in [0.1, 0.15) is 32.1 Å². The summed E-state index contributed by atoms with van der Waals surface area (Å²) in [4.78, 5) is 24.6. The summed E-state index contributed by atoms with van der Waals surface area (Å²) in [6.45, 7) is 1.35. The number of aliphatic hydroxyl groups excluding tert-OH is 1. The average Bonchev–Trinajstić information content (AvgIpc) is 3.21. The van der Waals surface area contributed by atoms with Crippen molar-refractivity contribution in [3.63, 3.8) is 0 Å². The topological polar surface area (TPSA) is 89.9 Å². The maximum absolute atomic E-state index is 12.1. The molecule has 0 aromatic heterocycles. The van der Waals surface area contributed by atoms with Crippen molar-refractivity contribution in [3.05, 3.63) is 0 Å². The molecule has 3 N–H and O–H groups in total. The fourth-order valence-electron chi connectivity index (χ4n) is 2.67. The summed E-state index contributed by atoms with van der Waals surface area (Å²) in [5.41, 5.74) is 0. The zero-order chi connectivity index (χ0) is 13.8. The average molecular weight is 270 g/mol. The number of aliphatic hydroxyl groups is 1. The fourth-order valence-corrected chi connectivity index (χ4v) is 2.67. The van der Waals surface area contributed by atoms with Crippen LogP contribution in [0.15, 0.2) is 0 Å². The van der Waals surface area contributed by atoms with E-state index in [9.17, 15) is 9.59 Å². The highest BCUT2D eigenvalue weighted by molar-refractivity contribution is 5.76. The summed E-state index contributed by atoms with van der Waals surface area (Å²) in [6.07, 6.45) is 3.83. The number of amides is 2. The molecule has 19 heavy (non-hydrogen) atoms. The molecule has 2 fully saturated rings. The molecular weight excluding hydrogens is 248 g/mol. The third-order valence-electron chi connectivity index (χ3n) is 3.96. The van der Waals surface area contributed by atoms with Crippen molar-refractivity contribution in [1.29, 1.82) is 0 Å². The number of aliphatic carboxylic acids is 1. The highest BCUT2D eigenvalue weighted by atomic mass is 16.4. The molecule has 2 aliphatic rings. The standard InChI is InChI=1S/C13H22N2O4/c16-8-9-2-1-5-15(7-9)13(19)14-11(6-12(17)18)10-3-4-10/h9-11,16H,1-8H2,(H,14,19)(H,17,18). The van der Waals surface area contributed by atoms with Crippen LogP contribution in [0, 0.1) is 11.8 Å². The Bertz CT molecular complexity index is 344. The van der Waals surface area contributed by atoms with Gasteiger partial charge in [0.05, 0.1) is 6.42 Å². The number of carboxylic acids is 1. The first kappa shape index (κ1) is 14.1. The second kappa shape index (κ2) is 6.23. The van der Waals surface area contributed by atoms with Crippen molar-refractivity contribution < 1.29 is 19.8 Å². The van der Waals surface area contributed by atoms with Gasteiger partial charge in [0, 0.05) is 25.7 Å². The van der Waals surface area contributed by atoms with Gasteiger partial charge in [0.25, 0.3) is 0 Å². The number of hydrogen-bond donors (Lipinski definition) is 3. The molecule has 6 heteroatoms. The van der Waals surface area contributed by atoms with Crippen molar-refractivity contribution in [3.8, 4) is 0 Å². The van der Waals surface area contributed by atoms with Crippen molar-refractivity contribution in [2.45, 2.75) is 38.1 Å². The smallest absolute Gasteiger partial charge is 0.317 e. The lowest BCUT2D eigenvalue weighted by Gasteiger charge is -2.33. The number of hydrogen-bond acceptors (Lipinski definition) is 3. The van der Waals surface area contributed by atoms with Crippen LogP contribution < -0.4 is 5.32 Å². The Balaban J connectivity index is 1.85. The van der Waals surface area contributed by atoms with Gasteiger partial charge in [-0.2, -0.15) is 0 Å². The van der Waals surface area contributed by atoms with Crippen LogP contribution in [0.3, 0.4) is 0 Å². The Hall–Kier alpha value is -1.30. The van der Waals surface area contributed by atoms with Crippen molar-refractivity contribution >= 4 is 12.0 Å². The third kappa shape index (κ3) is 4.09. The number of nitrogens with one attached hydrogen (secondary N) is 1. The van der Waals surface area contributed by atoms with E-state index in [1.54, 1.807) is 4.90 Å². The molecule has 0 aromatic rings. The second-order valence-corrected chi connectivity index (χ2v) is 5.63. The van der Waals surface area contributed by atoms with Gasteiger partial charge < -0.3 is 20.4 Å². The van der Waals surface area contributed by atoms with Crippen LogP contribution in [0.2, 0.25) is 0 Å². The number of carboxylic acid groups (broad SMARTS) is 1. The maximum Gasteiger partial charge on any atom is 0.317 e. The largest absolute Gasteiger partial charge is 0.481 e. The van der Waals surface area contributed by atoms with Gasteiger partial charge in [0.15, 0.2) is 0 Å². The number of piperidine rings is 1. The van der Waals surface area contributed by atoms with E-state index in [2.05, 4.69) is 5.32 Å². The van der Waals surface area contributed by atoms with E-state index in [0.717, 1.165) is 25.7 Å². The first-order valence-electron chi connectivity index (χ1n) is 6.98. The Labute approximate surface area is 112 Å². The maximum atomic E-state index is 12.1.